The molecule has 2 fully saturated rings. The molecule has 0 amide bonds. The molecule has 5 atom stereocenters. The number of hydrogen-bond donors (Lipinski definition) is 2. The van der Waals surface area contributed by atoms with Gasteiger partial charge in [-0.1, -0.05) is 29.8 Å². The summed E-state index contributed by atoms with van der Waals surface area (Å²) in [4.78, 5) is 10.7. The number of aliphatic hydroxyl groups excluding tert-OH is 1. The van der Waals surface area contributed by atoms with Gasteiger partial charge in [-0.25, -0.2) is 0 Å². The normalized spacial score (nSPS) is 29.5. The van der Waals surface area contributed by atoms with Gasteiger partial charge >= 0.3 is 5.97 Å². The molecule has 0 aromatic heterocycles. The highest BCUT2D eigenvalue weighted by molar-refractivity contribution is 6.30. The van der Waals surface area contributed by atoms with E-state index < -0.39 is 5.97 Å². The van der Waals surface area contributed by atoms with E-state index in [9.17, 15) is 9.90 Å². The molecule has 6 heteroatoms. The molecule has 1 aromatic carbocycles. The van der Waals surface area contributed by atoms with Gasteiger partial charge in [-0.05, 0) is 62.1 Å². The Kier molecular flexibility index (Phi) is 8.40. The van der Waals surface area contributed by atoms with E-state index in [2.05, 4.69) is 12.2 Å². The summed E-state index contributed by atoms with van der Waals surface area (Å²) in [6.45, 7) is 1.24. The summed E-state index contributed by atoms with van der Waals surface area (Å²) < 4.78 is 11.8. The van der Waals surface area contributed by atoms with Crippen molar-refractivity contribution in [2.75, 3.05) is 13.2 Å². The van der Waals surface area contributed by atoms with Gasteiger partial charge in [0, 0.05) is 30.4 Å². The summed E-state index contributed by atoms with van der Waals surface area (Å²) in [6.07, 6.45) is 9.30. The van der Waals surface area contributed by atoms with Crippen molar-refractivity contribution in [2.45, 2.75) is 57.2 Å². The molecule has 1 aliphatic heterocycles. The Bertz CT molecular complexity index is 692. The number of ether oxygens (including phenoxy) is 2. The van der Waals surface area contributed by atoms with E-state index in [1.54, 1.807) is 6.07 Å². The topological polar surface area (TPSA) is 76.0 Å². The first kappa shape index (κ1) is 22.1. The van der Waals surface area contributed by atoms with Crippen molar-refractivity contribution in [1.29, 1.82) is 0 Å². The minimum Gasteiger partial charge on any atom is -0.493 e. The van der Waals surface area contributed by atoms with Crippen LogP contribution in [0.3, 0.4) is 0 Å². The Morgan fingerprint density at radius 2 is 2.21 bits per heavy atom. The number of carboxylic acids is 1. The molecule has 0 radical (unpaired) electrons. The van der Waals surface area contributed by atoms with Crippen molar-refractivity contribution in [1.82, 2.24) is 0 Å². The number of carbonyl (C=O) groups is 1. The Balaban J connectivity index is 1.44. The largest absolute Gasteiger partial charge is 0.493 e. The number of carboxylic acid groups (broad SMARTS) is 1. The molecule has 5 nitrogen and oxygen atoms in total. The molecule has 1 heterocycles. The van der Waals surface area contributed by atoms with Crippen LogP contribution in [-0.4, -0.2) is 41.6 Å². The van der Waals surface area contributed by atoms with Gasteiger partial charge in [0.25, 0.3) is 0 Å². The quantitative estimate of drug-likeness (QED) is 0.445. The molecule has 1 saturated heterocycles. The Morgan fingerprint density at radius 3 is 3.00 bits per heavy atom. The fraction of sp³-hybridized carbons (Fsp3) is 0.609. The van der Waals surface area contributed by atoms with Crippen molar-refractivity contribution in [3.63, 3.8) is 0 Å². The van der Waals surface area contributed by atoms with Crippen LogP contribution in [0, 0.1) is 17.8 Å². The van der Waals surface area contributed by atoms with Gasteiger partial charge in [0.05, 0.1) is 18.8 Å². The van der Waals surface area contributed by atoms with Crippen LogP contribution in [0.5, 0.6) is 5.75 Å². The molecule has 0 bridgehead atoms. The number of halogens is 1. The van der Waals surface area contributed by atoms with Crippen molar-refractivity contribution >= 4 is 17.6 Å². The summed E-state index contributed by atoms with van der Waals surface area (Å²) >= 11 is 5.96. The van der Waals surface area contributed by atoms with Crippen LogP contribution < -0.4 is 4.74 Å². The van der Waals surface area contributed by atoms with Crippen LogP contribution in [0.25, 0.3) is 0 Å². The average Bonchev–Trinajstić information content (AvgIpc) is 2.84. The van der Waals surface area contributed by atoms with E-state index in [0.29, 0.717) is 42.9 Å². The van der Waals surface area contributed by atoms with E-state index in [-0.39, 0.29) is 24.5 Å². The van der Waals surface area contributed by atoms with Gasteiger partial charge in [-0.2, -0.15) is 0 Å². The molecular weight excluding hydrogens is 392 g/mol. The summed E-state index contributed by atoms with van der Waals surface area (Å²) in [5, 5.41) is 20.0. The minimum absolute atomic E-state index is 0.104. The standard InChI is InChI=1S/C23H31ClO5/c24-17-6-4-7-18(13-17)28-12-2-1-8-19-20-11-10-16(5-3-9-23(26)27)15-29-22(20)14-21(19)25/h1,4,6-8,13,16,19-22,25H,2-3,5,9-12,14-15H2,(H,26,27)/b8-1+/t16-,19+,20+,21+,22-/m0/s1. The molecule has 0 unspecified atom stereocenters. The highest BCUT2D eigenvalue weighted by Crippen LogP contribution is 2.42. The highest BCUT2D eigenvalue weighted by atomic mass is 35.5. The summed E-state index contributed by atoms with van der Waals surface area (Å²) in [5.74, 6) is 0.901. The maximum atomic E-state index is 10.7. The zero-order valence-electron chi connectivity index (χ0n) is 16.7. The first-order valence-corrected chi connectivity index (χ1v) is 11.0. The second kappa shape index (κ2) is 11.0. The number of aliphatic hydroxyl groups is 1. The predicted molar refractivity (Wildman–Crippen MR) is 112 cm³/mol. The number of hydrogen-bond acceptors (Lipinski definition) is 4. The molecule has 0 spiro atoms. The number of fused-ring (bicyclic) bond motifs is 1. The Hall–Kier alpha value is -1.56. The van der Waals surface area contributed by atoms with Crippen LogP contribution in [0.15, 0.2) is 36.4 Å². The second-order valence-corrected chi connectivity index (χ2v) is 8.60. The van der Waals surface area contributed by atoms with Gasteiger partial charge in [0.2, 0.25) is 0 Å². The summed E-state index contributed by atoms with van der Waals surface area (Å²) in [5.41, 5.74) is 0. The van der Waals surface area contributed by atoms with Crippen LogP contribution in [0.2, 0.25) is 5.02 Å². The first-order valence-electron chi connectivity index (χ1n) is 10.6. The third-order valence-corrected chi connectivity index (χ3v) is 6.29. The first-order chi connectivity index (χ1) is 14.0. The molecule has 160 valence electrons. The van der Waals surface area contributed by atoms with Crippen molar-refractivity contribution < 1.29 is 24.5 Å². The lowest BCUT2D eigenvalue weighted by Gasteiger charge is -2.20. The zero-order chi connectivity index (χ0) is 20.6. The SMILES string of the molecule is O=C(O)CCC[C@H]1CC[C@@H]2[C@@H](/C=C/CCOc3cccc(Cl)c3)[C@H](O)C[C@@H]2OC1. The lowest BCUT2D eigenvalue weighted by atomic mass is 9.86. The van der Waals surface area contributed by atoms with E-state index >= 15 is 0 Å². The van der Waals surface area contributed by atoms with Gasteiger partial charge in [-0.15, -0.1) is 0 Å². The maximum Gasteiger partial charge on any atom is 0.303 e. The predicted octanol–water partition coefficient (Wildman–Crippen LogP) is 4.71. The van der Waals surface area contributed by atoms with Crippen molar-refractivity contribution in [3.8, 4) is 5.75 Å². The van der Waals surface area contributed by atoms with E-state index in [4.69, 9.17) is 26.2 Å². The van der Waals surface area contributed by atoms with Crippen molar-refractivity contribution in [3.05, 3.63) is 41.4 Å². The molecule has 2 aliphatic rings. The lowest BCUT2D eigenvalue weighted by Crippen LogP contribution is -2.21. The van der Waals surface area contributed by atoms with Gasteiger partial charge < -0.3 is 19.7 Å². The average molecular weight is 423 g/mol. The zero-order valence-corrected chi connectivity index (χ0v) is 17.5. The molecular formula is C23H31ClO5. The van der Waals surface area contributed by atoms with E-state index in [1.165, 1.54) is 0 Å². The third-order valence-electron chi connectivity index (χ3n) is 6.05. The monoisotopic (exact) mass is 422 g/mol. The number of rotatable bonds is 9. The molecule has 29 heavy (non-hydrogen) atoms. The fourth-order valence-electron chi connectivity index (χ4n) is 4.54. The molecule has 1 aliphatic carbocycles. The van der Waals surface area contributed by atoms with E-state index in [1.807, 2.05) is 18.2 Å². The smallest absolute Gasteiger partial charge is 0.303 e. The molecule has 3 rings (SSSR count). The summed E-state index contributed by atoms with van der Waals surface area (Å²) in [7, 11) is 0. The maximum absolute atomic E-state index is 10.7. The molecule has 1 aromatic rings. The van der Waals surface area contributed by atoms with Gasteiger partial charge in [0.1, 0.15) is 5.75 Å². The number of aliphatic carboxylic acids is 1. The second-order valence-electron chi connectivity index (χ2n) is 8.17. The van der Waals surface area contributed by atoms with Crippen LogP contribution in [-0.2, 0) is 9.53 Å². The van der Waals surface area contributed by atoms with Crippen LogP contribution in [0.1, 0.15) is 44.9 Å². The van der Waals surface area contributed by atoms with E-state index in [0.717, 1.165) is 31.4 Å². The Morgan fingerprint density at radius 1 is 1.34 bits per heavy atom. The summed E-state index contributed by atoms with van der Waals surface area (Å²) in [6, 6.07) is 7.37. The lowest BCUT2D eigenvalue weighted by molar-refractivity contribution is -0.137. The Labute approximate surface area is 177 Å². The molecule has 1 saturated carbocycles. The highest BCUT2D eigenvalue weighted by Gasteiger charge is 2.43. The number of benzene rings is 1. The third kappa shape index (κ3) is 6.73. The van der Waals surface area contributed by atoms with Gasteiger partial charge in [0.15, 0.2) is 0 Å². The minimum atomic E-state index is -0.732. The molecule has 2 N–H and O–H groups in total. The fourth-order valence-corrected chi connectivity index (χ4v) is 4.72. The van der Waals surface area contributed by atoms with Crippen molar-refractivity contribution in [2.24, 2.45) is 17.8 Å². The van der Waals surface area contributed by atoms with Crippen LogP contribution in [0.4, 0.5) is 0 Å². The van der Waals surface area contributed by atoms with Crippen LogP contribution >= 0.6 is 11.6 Å². The van der Waals surface area contributed by atoms with Gasteiger partial charge in [-0.3, -0.25) is 4.79 Å².